The fraction of sp³-hybridized carbons (Fsp3) is 0.0714. The number of rotatable bonds is 4. The van der Waals surface area contributed by atoms with Gasteiger partial charge in [-0.2, -0.15) is 0 Å². The highest BCUT2D eigenvalue weighted by Crippen LogP contribution is 2.33. The Bertz CT molecular complexity index is 733. The van der Waals surface area contributed by atoms with Gasteiger partial charge < -0.3 is 4.74 Å². The quantitative estimate of drug-likeness (QED) is 0.431. The van der Waals surface area contributed by atoms with Crippen molar-refractivity contribution in [3.63, 3.8) is 0 Å². The summed E-state index contributed by atoms with van der Waals surface area (Å²) in [6, 6.07) is 9.08. The number of halogens is 2. The maximum Gasteiger partial charge on any atom is 0.283 e. The Labute approximate surface area is 133 Å². The van der Waals surface area contributed by atoms with Crippen molar-refractivity contribution in [3.8, 4) is 11.5 Å². The lowest BCUT2D eigenvalue weighted by Crippen LogP contribution is -2.00. The molecule has 2 aromatic rings. The molecule has 0 saturated carbocycles. The number of carbonyl (C=O) groups excluding carboxylic acids is 1. The minimum Gasteiger partial charge on any atom is -0.456 e. The minimum atomic E-state index is -0.618. The number of hydrogen-bond acceptors (Lipinski definition) is 4. The fourth-order valence-electron chi connectivity index (χ4n) is 1.71. The van der Waals surface area contributed by atoms with E-state index in [9.17, 15) is 14.9 Å². The van der Waals surface area contributed by atoms with E-state index >= 15 is 0 Å². The van der Waals surface area contributed by atoms with Crippen LogP contribution in [-0.2, 0) is 0 Å². The Morgan fingerprint density at radius 2 is 2.00 bits per heavy atom. The molecule has 0 atom stereocenters. The third-order valence-corrected chi connectivity index (χ3v) is 3.46. The average Bonchev–Trinajstić information content (AvgIpc) is 2.41. The average molecular weight is 371 g/mol. The van der Waals surface area contributed by atoms with Crippen LogP contribution in [0.25, 0.3) is 0 Å². The van der Waals surface area contributed by atoms with Gasteiger partial charge in [0.2, 0.25) is 0 Å². The molecule has 7 heteroatoms. The van der Waals surface area contributed by atoms with Crippen molar-refractivity contribution >= 4 is 39.0 Å². The van der Waals surface area contributed by atoms with Crippen LogP contribution in [0.3, 0.4) is 0 Å². The number of nitro groups is 1. The van der Waals surface area contributed by atoms with Crippen molar-refractivity contribution in [2.45, 2.75) is 6.92 Å². The van der Waals surface area contributed by atoms with Gasteiger partial charge >= 0.3 is 0 Å². The number of ether oxygens (including phenoxy) is 1. The lowest BCUT2D eigenvalue weighted by molar-refractivity contribution is -0.385. The summed E-state index contributed by atoms with van der Waals surface area (Å²) in [5.74, 6) is 0.218. The Morgan fingerprint density at radius 1 is 1.29 bits per heavy atom. The molecule has 0 aliphatic heterocycles. The van der Waals surface area contributed by atoms with Crippen LogP contribution in [0.1, 0.15) is 17.3 Å². The van der Waals surface area contributed by atoms with Crippen LogP contribution in [-0.4, -0.2) is 10.7 Å². The maximum atomic E-state index is 11.4. The van der Waals surface area contributed by atoms with E-state index in [1.54, 1.807) is 18.2 Å². The lowest BCUT2D eigenvalue weighted by atomic mass is 10.1. The third-order valence-electron chi connectivity index (χ3n) is 2.67. The minimum absolute atomic E-state index is 0.0363. The van der Waals surface area contributed by atoms with E-state index in [4.69, 9.17) is 16.3 Å². The van der Waals surface area contributed by atoms with E-state index in [2.05, 4.69) is 15.9 Å². The topological polar surface area (TPSA) is 69.4 Å². The van der Waals surface area contributed by atoms with Gasteiger partial charge in [-0.3, -0.25) is 14.9 Å². The molecule has 2 rings (SSSR count). The molecule has 0 aliphatic rings. The third kappa shape index (κ3) is 3.59. The highest BCUT2D eigenvalue weighted by atomic mass is 79.9. The Kier molecular flexibility index (Phi) is 4.59. The first-order chi connectivity index (χ1) is 9.88. The van der Waals surface area contributed by atoms with Gasteiger partial charge in [-0.1, -0.05) is 27.5 Å². The zero-order chi connectivity index (χ0) is 15.6. The number of hydrogen-bond donors (Lipinski definition) is 0. The molecule has 0 saturated heterocycles. The summed E-state index contributed by atoms with van der Waals surface area (Å²) in [4.78, 5) is 21.7. The highest BCUT2D eigenvalue weighted by molar-refractivity contribution is 9.10. The summed E-state index contributed by atoms with van der Waals surface area (Å²) >= 11 is 9.29. The second kappa shape index (κ2) is 6.24. The molecule has 0 aromatic heterocycles. The van der Waals surface area contributed by atoms with E-state index in [-0.39, 0.29) is 22.8 Å². The summed E-state index contributed by atoms with van der Waals surface area (Å²) < 4.78 is 6.31. The van der Waals surface area contributed by atoms with Crippen molar-refractivity contribution in [2.75, 3.05) is 0 Å². The van der Waals surface area contributed by atoms with Crippen molar-refractivity contribution in [2.24, 2.45) is 0 Å². The van der Waals surface area contributed by atoms with E-state index < -0.39 is 4.92 Å². The maximum absolute atomic E-state index is 11.4. The monoisotopic (exact) mass is 369 g/mol. The molecular weight excluding hydrogens is 362 g/mol. The molecule has 0 amide bonds. The molecule has 0 fully saturated rings. The van der Waals surface area contributed by atoms with Crippen LogP contribution >= 0.6 is 27.5 Å². The summed E-state index contributed by atoms with van der Waals surface area (Å²) in [5, 5.41) is 11.4. The van der Waals surface area contributed by atoms with Crippen molar-refractivity contribution in [1.82, 2.24) is 0 Å². The van der Waals surface area contributed by atoms with Crippen LogP contribution in [0.15, 0.2) is 40.9 Å². The molecule has 0 heterocycles. The van der Waals surface area contributed by atoms with E-state index in [1.807, 2.05) is 0 Å². The van der Waals surface area contributed by atoms with Gasteiger partial charge in [-0.05, 0) is 37.3 Å². The predicted molar refractivity (Wildman–Crippen MR) is 82.3 cm³/mol. The van der Waals surface area contributed by atoms with Crippen molar-refractivity contribution in [1.29, 1.82) is 0 Å². The number of benzene rings is 2. The van der Waals surface area contributed by atoms with Gasteiger partial charge in [0.1, 0.15) is 11.5 Å². The van der Waals surface area contributed by atoms with Crippen molar-refractivity contribution < 1.29 is 14.5 Å². The van der Waals surface area contributed by atoms with Crippen LogP contribution < -0.4 is 4.74 Å². The van der Waals surface area contributed by atoms with E-state index in [1.165, 1.54) is 25.1 Å². The molecule has 0 unspecified atom stereocenters. The summed E-state index contributed by atoms with van der Waals surface area (Å²) in [5.41, 5.74) is -0.262. The highest BCUT2D eigenvalue weighted by Gasteiger charge is 2.19. The molecule has 2 aromatic carbocycles. The first-order valence-corrected chi connectivity index (χ1v) is 6.98. The van der Waals surface area contributed by atoms with Gasteiger partial charge in [-0.15, -0.1) is 0 Å². The van der Waals surface area contributed by atoms with Crippen LogP contribution in [0.4, 0.5) is 5.69 Å². The summed E-state index contributed by atoms with van der Waals surface area (Å²) in [6.07, 6.45) is 0. The lowest BCUT2D eigenvalue weighted by Gasteiger charge is -2.08. The SMILES string of the molecule is CC(=O)c1ccc(Oc2ccc(Br)cc2Cl)cc1[N+](=O)[O-]. The Morgan fingerprint density at radius 3 is 2.57 bits per heavy atom. The number of carbonyl (C=O) groups is 1. The molecule has 0 bridgehead atoms. The zero-order valence-electron chi connectivity index (χ0n) is 10.8. The smallest absolute Gasteiger partial charge is 0.283 e. The van der Waals surface area contributed by atoms with E-state index in [0.29, 0.717) is 10.8 Å². The molecule has 0 aliphatic carbocycles. The zero-order valence-corrected chi connectivity index (χ0v) is 13.1. The molecule has 0 spiro atoms. The fourth-order valence-corrected chi connectivity index (χ4v) is 2.42. The van der Waals surface area contributed by atoms with Gasteiger partial charge in [0.25, 0.3) is 5.69 Å². The van der Waals surface area contributed by atoms with Crippen LogP contribution in [0.5, 0.6) is 11.5 Å². The molecular formula is C14H9BrClNO4. The second-order valence-electron chi connectivity index (χ2n) is 4.17. The molecule has 0 radical (unpaired) electrons. The van der Waals surface area contributed by atoms with Crippen LogP contribution in [0, 0.1) is 10.1 Å². The van der Waals surface area contributed by atoms with E-state index in [0.717, 1.165) is 4.47 Å². The molecule has 5 nitrogen and oxygen atoms in total. The number of nitrogens with zero attached hydrogens (tertiary/aromatic N) is 1. The van der Waals surface area contributed by atoms with Gasteiger partial charge in [-0.25, -0.2) is 0 Å². The predicted octanol–water partition coefficient (Wildman–Crippen LogP) is 5.01. The number of nitro benzene ring substituents is 1. The Hall–Kier alpha value is -1.92. The van der Waals surface area contributed by atoms with Gasteiger partial charge in [0, 0.05) is 4.47 Å². The number of Topliss-reactive ketones (excluding diaryl/α,β-unsaturated/α-hetero) is 1. The van der Waals surface area contributed by atoms with Crippen LogP contribution in [0.2, 0.25) is 5.02 Å². The Balaban J connectivity index is 2.39. The molecule has 21 heavy (non-hydrogen) atoms. The molecule has 108 valence electrons. The second-order valence-corrected chi connectivity index (χ2v) is 5.49. The summed E-state index contributed by atoms with van der Waals surface area (Å²) in [7, 11) is 0. The van der Waals surface area contributed by atoms with Gasteiger partial charge in [0.15, 0.2) is 5.78 Å². The first kappa shape index (κ1) is 15.5. The normalized spacial score (nSPS) is 10.2. The standard InChI is InChI=1S/C14H9BrClNO4/c1-8(18)11-4-3-10(7-13(11)17(19)20)21-14-5-2-9(15)6-12(14)16/h2-7H,1H3. The molecule has 0 N–H and O–H groups in total. The van der Waals surface area contributed by atoms with Crippen molar-refractivity contribution in [3.05, 3.63) is 61.6 Å². The number of ketones is 1. The first-order valence-electron chi connectivity index (χ1n) is 5.81. The van der Waals surface area contributed by atoms with Gasteiger partial charge in [0.05, 0.1) is 21.6 Å². The summed E-state index contributed by atoms with van der Waals surface area (Å²) in [6.45, 7) is 1.27. The largest absolute Gasteiger partial charge is 0.456 e.